The molecule has 8 heteroatoms. The average molecular weight is 363 g/mol. The third-order valence-electron chi connectivity index (χ3n) is 3.43. The lowest BCUT2D eigenvalue weighted by Crippen LogP contribution is -2.07. The summed E-state index contributed by atoms with van der Waals surface area (Å²) >= 11 is 0. The van der Waals surface area contributed by atoms with E-state index in [1.807, 2.05) is 0 Å². The Bertz CT molecular complexity index is 909. The number of hydrogen-bond donors (Lipinski definition) is 0. The van der Waals surface area contributed by atoms with Gasteiger partial charge in [0.1, 0.15) is 5.82 Å². The summed E-state index contributed by atoms with van der Waals surface area (Å²) in [4.78, 5) is 16.0. The van der Waals surface area contributed by atoms with Crippen molar-refractivity contribution in [1.82, 2.24) is 0 Å². The van der Waals surface area contributed by atoms with Crippen molar-refractivity contribution in [2.75, 3.05) is 7.11 Å². The average Bonchev–Trinajstić information content (AvgIpc) is 2.96. The van der Waals surface area contributed by atoms with Crippen molar-refractivity contribution in [1.29, 1.82) is 0 Å². The fraction of sp³-hybridized carbons (Fsp3) is 0.111. The number of methoxy groups -OCH3 is 1. The van der Waals surface area contributed by atoms with Crippen LogP contribution in [0.3, 0.4) is 0 Å². The molecule has 0 fully saturated rings. The lowest BCUT2D eigenvalue weighted by atomic mass is 10.1. The van der Waals surface area contributed by atoms with Crippen LogP contribution < -0.4 is 9.47 Å². The van der Waals surface area contributed by atoms with Crippen LogP contribution in [0, 0.1) is 5.82 Å². The second-order valence-electron chi connectivity index (χ2n) is 5.10. The van der Waals surface area contributed by atoms with Gasteiger partial charge in [0, 0.05) is 0 Å². The van der Waals surface area contributed by atoms with Gasteiger partial charge in [-0.25, -0.2) is 14.2 Å². The Morgan fingerprint density at radius 3 is 2.62 bits per heavy atom. The maximum absolute atomic E-state index is 13.8. The number of cyclic esters (lactones) is 1. The highest BCUT2D eigenvalue weighted by Crippen LogP contribution is 2.31. The molecule has 0 aliphatic carbocycles. The fourth-order valence-electron chi connectivity index (χ4n) is 2.28. The van der Waals surface area contributed by atoms with E-state index in [0.717, 1.165) is 0 Å². The Kier molecular flexibility index (Phi) is 4.92. The van der Waals surface area contributed by atoms with Gasteiger partial charge in [-0.1, -0.05) is 18.2 Å². The van der Waals surface area contributed by atoms with E-state index in [1.165, 1.54) is 49.6 Å². The van der Waals surface area contributed by atoms with Gasteiger partial charge < -0.3 is 14.2 Å². The van der Waals surface area contributed by atoms with E-state index in [4.69, 9.17) is 9.47 Å². The van der Waals surface area contributed by atoms with Crippen LogP contribution in [0.25, 0.3) is 6.08 Å². The van der Waals surface area contributed by atoms with Gasteiger partial charge >= 0.3 is 12.6 Å². The molecular formula is C18H12F3NO4. The Hall–Kier alpha value is -3.29. The van der Waals surface area contributed by atoms with Crippen LogP contribution >= 0.6 is 0 Å². The highest BCUT2D eigenvalue weighted by atomic mass is 19.3. The number of rotatable bonds is 5. The molecule has 1 aliphatic heterocycles. The molecule has 134 valence electrons. The fourth-order valence-corrected chi connectivity index (χ4v) is 2.28. The Balaban J connectivity index is 1.92. The van der Waals surface area contributed by atoms with Crippen LogP contribution in [0.5, 0.6) is 11.5 Å². The molecule has 1 aliphatic rings. The van der Waals surface area contributed by atoms with Gasteiger partial charge in [-0.15, -0.1) is 0 Å². The van der Waals surface area contributed by atoms with Crippen molar-refractivity contribution < 1.29 is 32.2 Å². The first-order chi connectivity index (χ1) is 12.5. The van der Waals surface area contributed by atoms with Gasteiger partial charge in [-0.2, -0.15) is 8.78 Å². The van der Waals surface area contributed by atoms with Crippen LogP contribution in [0.2, 0.25) is 0 Å². The summed E-state index contributed by atoms with van der Waals surface area (Å²) < 4.78 is 52.8. The van der Waals surface area contributed by atoms with E-state index < -0.39 is 18.4 Å². The second-order valence-corrected chi connectivity index (χ2v) is 5.10. The molecular weight excluding hydrogens is 351 g/mol. The normalized spacial score (nSPS) is 15.2. The highest BCUT2D eigenvalue weighted by Gasteiger charge is 2.26. The number of benzene rings is 2. The number of halogens is 3. The van der Waals surface area contributed by atoms with Gasteiger partial charge in [0.25, 0.3) is 0 Å². The minimum absolute atomic E-state index is 0.0579. The lowest BCUT2D eigenvalue weighted by Gasteiger charge is -2.10. The van der Waals surface area contributed by atoms with Crippen molar-refractivity contribution in [3.05, 3.63) is 65.1 Å². The molecule has 0 saturated carbocycles. The van der Waals surface area contributed by atoms with Crippen LogP contribution in [0.4, 0.5) is 13.2 Å². The van der Waals surface area contributed by atoms with Gasteiger partial charge in [0.05, 0.1) is 12.7 Å². The first-order valence-electron chi connectivity index (χ1n) is 7.38. The first-order valence-corrected chi connectivity index (χ1v) is 7.38. The van der Waals surface area contributed by atoms with Crippen molar-refractivity contribution in [2.45, 2.75) is 6.61 Å². The standard InChI is InChI=1S/C18H12F3NO4/c1-24-15-9-10(6-7-14(15)25-18(20)21)8-13-17(23)26-16(22-13)11-4-2-3-5-12(11)19/h2-9,18H,1H3/b13-8-. The minimum Gasteiger partial charge on any atom is -0.493 e. The molecule has 0 saturated heterocycles. The number of esters is 1. The SMILES string of the molecule is COc1cc(/C=C2\N=C(c3ccccc3F)OC2=O)ccc1OC(F)F. The van der Waals surface area contributed by atoms with Crippen LogP contribution in [0.15, 0.2) is 53.2 Å². The van der Waals surface area contributed by atoms with Gasteiger partial charge in [0.2, 0.25) is 5.90 Å². The largest absolute Gasteiger partial charge is 0.493 e. The predicted octanol–water partition coefficient (Wildman–Crippen LogP) is 3.78. The molecule has 0 radical (unpaired) electrons. The molecule has 0 spiro atoms. The van der Waals surface area contributed by atoms with E-state index in [0.29, 0.717) is 5.56 Å². The maximum atomic E-state index is 13.8. The zero-order chi connectivity index (χ0) is 18.7. The molecule has 0 aromatic heterocycles. The van der Waals surface area contributed by atoms with Gasteiger partial charge in [0.15, 0.2) is 17.2 Å². The van der Waals surface area contributed by atoms with E-state index in [-0.39, 0.29) is 28.7 Å². The van der Waals surface area contributed by atoms with Gasteiger partial charge in [-0.3, -0.25) is 0 Å². The molecule has 26 heavy (non-hydrogen) atoms. The third-order valence-corrected chi connectivity index (χ3v) is 3.43. The Labute approximate surface area is 146 Å². The minimum atomic E-state index is -2.99. The van der Waals surface area contributed by atoms with E-state index >= 15 is 0 Å². The molecule has 0 atom stereocenters. The van der Waals surface area contributed by atoms with Crippen molar-refractivity contribution >= 4 is 17.9 Å². The molecule has 2 aromatic carbocycles. The number of carbonyl (C=O) groups is 1. The quantitative estimate of drug-likeness (QED) is 0.599. The van der Waals surface area contributed by atoms with Crippen molar-refractivity contribution in [3.8, 4) is 11.5 Å². The zero-order valence-corrected chi connectivity index (χ0v) is 13.4. The van der Waals surface area contributed by atoms with Crippen LogP contribution in [-0.2, 0) is 9.53 Å². The smallest absolute Gasteiger partial charge is 0.387 e. The summed E-state index contributed by atoms with van der Waals surface area (Å²) in [5, 5.41) is 0. The molecule has 1 heterocycles. The topological polar surface area (TPSA) is 57.1 Å². The van der Waals surface area contributed by atoms with Crippen LogP contribution in [-0.4, -0.2) is 25.6 Å². The number of aliphatic imine (C=N–C) groups is 1. The monoisotopic (exact) mass is 363 g/mol. The van der Waals surface area contributed by atoms with E-state index in [9.17, 15) is 18.0 Å². The highest BCUT2D eigenvalue weighted by molar-refractivity contribution is 6.12. The second kappa shape index (κ2) is 7.30. The summed E-state index contributed by atoms with van der Waals surface area (Å²) in [6, 6.07) is 9.86. The lowest BCUT2D eigenvalue weighted by molar-refractivity contribution is -0.129. The van der Waals surface area contributed by atoms with E-state index in [2.05, 4.69) is 9.73 Å². The Morgan fingerprint density at radius 2 is 1.92 bits per heavy atom. The zero-order valence-electron chi connectivity index (χ0n) is 13.4. The summed E-state index contributed by atoms with van der Waals surface area (Å²) in [6.45, 7) is -2.99. The van der Waals surface area contributed by atoms with Crippen LogP contribution in [0.1, 0.15) is 11.1 Å². The summed E-state index contributed by atoms with van der Waals surface area (Å²) in [6.07, 6.45) is 1.37. The van der Waals surface area contributed by atoms with Crippen molar-refractivity contribution in [2.24, 2.45) is 4.99 Å². The van der Waals surface area contributed by atoms with E-state index in [1.54, 1.807) is 6.07 Å². The Morgan fingerprint density at radius 1 is 1.15 bits per heavy atom. The molecule has 5 nitrogen and oxygen atoms in total. The number of ether oxygens (including phenoxy) is 3. The molecule has 0 unspecified atom stereocenters. The predicted molar refractivity (Wildman–Crippen MR) is 86.6 cm³/mol. The number of carbonyl (C=O) groups excluding carboxylic acids is 1. The molecule has 0 amide bonds. The summed E-state index contributed by atoms with van der Waals surface area (Å²) in [5.41, 5.74) is 0.435. The third kappa shape index (κ3) is 3.69. The molecule has 3 rings (SSSR count). The first kappa shape index (κ1) is 17.5. The maximum Gasteiger partial charge on any atom is 0.387 e. The molecule has 0 N–H and O–H groups in total. The number of alkyl halides is 2. The molecule has 0 bridgehead atoms. The summed E-state index contributed by atoms with van der Waals surface area (Å²) in [7, 11) is 1.29. The molecule has 2 aromatic rings. The number of hydrogen-bond acceptors (Lipinski definition) is 5. The van der Waals surface area contributed by atoms with Crippen molar-refractivity contribution in [3.63, 3.8) is 0 Å². The summed E-state index contributed by atoms with van der Waals surface area (Å²) in [5.74, 6) is -1.56. The van der Waals surface area contributed by atoms with Gasteiger partial charge in [-0.05, 0) is 35.9 Å². The number of nitrogens with zero attached hydrogens (tertiary/aromatic N) is 1.